The summed E-state index contributed by atoms with van der Waals surface area (Å²) in [6.45, 7) is 6.15. The van der Waals surface area contributed by atoms with Gasteiger partial charge in [0.15, 0.2) is 0 Å². The third kappa shape index (κ3) is 5.35. The van der Waals surface area contributed by atoms with Crippen LogP contribution in [0.4, 0.5) is 5.69 Å². The number of H-pyrrole nitrogens is 1. The first kappa shape index (κ1) is 21.5. The molecule has 1 aromatic heterocycles. The number of morpholine rings is 1. The number of imidazole rings is 1. The number of hydrogen-bond donors (Lipinski definition) is 1. The second kappa shape index (κ2) is 10.1. The highest BCUT2D eigenvalue weighted by Gasteiger charge is 2.14. The van der Waals surface area contributed by atoms with Gasteiger partial charge in [-0.1, -0.05) is 30.3 Å². The molecule has 6 heteroatoms. The van der Waals surface area contributed by atoms with Gasteiger partial charge < -0.3 is 19.4 Å². The Morgan fingerprint density at radius 3 is 2.58 bits per heavy atom. The molecule has 33 heavy (non-hydrogen) atoms. The lowest BCUT2D eigenvalue weighted by Crippen LogP contribution is -2.35. The predicted molar refractivity (Wildman–Crippen MR) is 132 cm³/mol. The largest absolute Gasteiger partial charge is 0.497 e. The Morgan fingerprint density at radius 1 is 0.939 bits per heavy atom. The summed E-state index contributed by atoms with van der Waals surface area (Å²) >= 11 is 0. The maximum absolute atomic E-state index is 5.51. The fourth-order valence-electron chi connectivity index (χ4n) is 4.40. The van der Waals surface area contributed by atoms with E-state index in [9.17, 15) is 0 Å². The Kier molecular flexibility index (Phi) is 6.56. The summed E-state index contributed by atoms with van der Waals surface area (Å²) in [6.07, 6.45) is 1.75. The third-order valence-corrected chi connectivity index (χ3v) is 6.15. The van der Waals surface area contributed by atoms with Crippen LogP contribution in [0.2, 0.25) is 0 Å². The molecule has 0 radical (unpaired) electrons. The van der Waals surface area contributed by atoms with Gasteiger partial charge in [-0.2, -0.15) is 0 Å². The lowest BCUT2D eigenvalue weighted by atomic mass is 10.1. The van der Waals surface area contributed by atoms with Crippen molar-refractivity contribution in [3.63, 3.8) is 0 Å². The second-order valence-corrected chi connectivity index (χ2v) is 8.52. The summed E-state index contributed by atoms with van der Waals surface area (Å²) < 4.78 is 11.0. The lowest BCUT2D eigenvalue weighted by Gasteiger charge is -2.28. The fourth-order valence-corrected chi connectivity index (χ4v) is 4.40. The summed E-state index contributed by atoms with van der Waals surface area (Å²) in [5.41, 5.74) is 7.06. The number of rotatable bonds is 8. The summed E-state index contributed by atoms with van der Waals surface area (Å²) in [6, 6.07) is 23.7. The molecule has 6 nitrogen and oxygen atoms in total. The average molecular weight is 443 g/mol. The van der Waals surface area contributed by atoms with Crippen molar-refractivity contribution in [3.05, 3.63) is 89.7 Å². The molecule has 1 saturated heterocycles. The molecule has 0 spiro atoms. The standard InChI is InChI=1S/C27H30N4O2/c1-32-25-7-3-5-22(15-25)18-31(19-23-8-9-26-27(16-23)29-20-28-26)24-6-2-4-21(14-24)17-30-10-12-33-13-11-30/h2-9,14-16,20H,10-13,17-19H2,1H3,(H,28,29). The van der Waals surface area contributed by atoms with Gasteiger partial charge in [0.05, 0.1) is 37.7 Å². The Labute approximate surface area is 194 Å². The van der Waals surface area contributed by atoms with Crippen LogP contribution in [0.3, 0.4) is 0 Å². The molecule has 1 aliphatic heterocycles. The van der Waals surface area contributed by atoms with E-state index in [4.69, 9.17) is 9.47 Å². The topological polar surface area (TPSA) is 53.6 Å². The van der Waals surface area contributed by atoms with Crippen molar-refractivity contribution in [2.75, 3.05) is 38.3 Å². The van der Waals surface area contributed by atoms with Crippen molar-refractivity contribution in [1.82, 2.24) is 14.9 Å². The zero-order chi connectivity index (χ0) is 22.5. The molecule has 0 bridgehead atoms. The average Bonchev–Trinajstić information content (AvgIpc) is 3.33. The van der Waals surface area contributed by atoms with Gasteiger partial charge in [-0.3, -0.25) is 4.90 Å². The zero-order valence-electron chi connectivity index (χ0n) is 19.0. The van der Waals surface area contributed by atoms with Crippen LogP contribution in [-0.2, 0) is 24.4 Å². The molecule has 0 unspecified atom stereocenters. The van der Waals surface area contributed by atoms with Crippen LogP contribution in [0.1, 0.15) is 16.7 Å². The maximum Gasteiger partial charge on any atom is 0.119 e. The summed E-state index contributed by atoms with van der Waals surface area (Å²) in [5.74, 6) is 0.882. The Balaban J connectivity index is 1.42. The smallest absolute Gasteiger partial charge is 0.119 e. The van der Waals surface area contributed by atoms with Gasteiger partial charge in [-0.05, 0) is 53.1 Å². The normalized spacial score (nSPS) is 14.5. The molecule has 0 atom stereocenters. The van der Waals surface area contributed by atoms with Crippen LogP contribution >= 0.6 is 0 Å². The number of ether oxygens (including phenoxy) is 2. The molecule has 1 aliphatic rings. The number of hydrogen-bond acceptors (Lipinski definition) is 5. The number of aromatic amines is 1. The molecular formula is C27H30N4O2. The Hall–Kier alpha value is -3.35. The van der Waals surface area contributed by atoms with Gasteiger partial charge >= 0.3 is 0 Å². The molecule has 0 saturated carbocycles. The molecule has 4 aromatic rings. The Morgan fingerprint density at radius 2 is 1.73 bits per heavy atom. The summed E-state index contributed by atoms with van der Waals surface area (Å²) in [4.78, 5) is 12.5. The highest BCUT2D eigenvalue weighted by molar-refractivity contribution is 5.75. The van der Waals surface area contributed by atoms with Gasteiger partial charge in [-0.15, -0.1) is 0 Å². The Bertz CT molecular complexity index is 1200. The number of aromatic nitrogens is 2. The minimum absolute atomic E-state index is 0.791. The second-order valence-electron chi connectivity index (χ2n) is 8.52. The van der Waals surface area contributed by atoms with Gasteiger partial charge in [0.2, 0.25) is 0 Å². The van der Waals surface area contributed by atoms with Crippen LogP contribution in [0.25, 0.3) is 11.0 Å². The van der Waals surface area contributed by atoms with Crippen molar-refractivity contribution in [1.29, 1.82) is 0 Å². The van der Waals surface area contributed by atoms with Crippen LogP contribution in [-0.4, -0.2) is 48.3 Å². The van der Waals surface area contributed by atoms with Crippen LogP contribution < -0.4 is 9.64 Å². The number of nitrogens with one attached hydrogen (secondary N) is 1. The van der Waals surface area contributed by atoms with E-state index in [-0.39, 0.29) is 0 Å². The van der Waals surface area contributed by atoms with E-state index in [0.29, 0.717) is 0 Å². The SMILES string of the molecule is COc1cccc(CN(Cc2ccc3nc[nH]c3c2)c2cccc(CN3CCOCC3)c2)c1. The highest BCUT2D eigenvalue weighted by atomic mass is 16.5. The third-order valence-electron chi connectivity index (χ3n) is 6.15. The van der Waals surface area contributed by atoms with E-state index in [2.05, 4.69) is 80.4 Å². The van der Waals surface area contributed by atoms with Crippen LogP contribution in [0, 0.1) is 0 Å². The van der Waals surface area contributed by atoms with E-state index in [1.54, 1.807) is 13.4 Å². The fraction of sp³-hybridized carbons (Fsp3) is 0.296. The van der Waals surface area contributed by atoms with Gasteiger partial charge in [0, 0.05) is 38.4 Å². The minimum atomic E-state index is 0.791. The molecule has 0 aliphatic carbocycles. The van der Waals surface area contributed by atoms with E-state index in [0.717, 1.165) is 62.7 Å². The van der Waals surface area contributed by atoms with Crippen molar-refractivity contribution >= 4 is 16.7 Å². The predicted octanol–water partition coefficient (Wildman–Crippen LogP) is 4.61. The summed E-state index contributed by atoms with van der Waals surface area (Å²) in [5, 5.41) is 0. The van der Waals surface area contributed by atoms with E-state index < -0.39 is 0 Å². The maximum atomic E-state index is 5.51. The summed E-state index contributed by atoms with van der Waals surface area (Å²) in [7, 11) is 1.71. The molecule has 3 aromatic carbocycles. The quantitative estimate of drug-likeness (QED) is 0.432. The van der Waals surface area contributed by atoms with Gasteiger partial charge in [0.1, 0.15) is 5.75 Å². The van der Waals surface area contributed by atoms with Crippen LogP contribution in [0.5, 0.6) is 5.75 Å². The molecule has 2 heterocycles. The van der Waals surface area contributed by atoms with Gasteiger partial charge in [-0.25, -0.2) is 4.98 Å². The number of methoxy groups -OCH3 is 1. The van der Waals surface area contributed by atoms with Crippen molar-refractivity contribution in [2.24, 2.45) is 0 Å². The van der Waals surface area contributed by atoms with Gasteiger partial charge in [0.25, 0.3) is 0 Å². The van der Waals surface area contributed by atoms with Crippen LogP contribution in [0.15, 0.2) is 73.1 Å². The molecule has 5 rings (SSSR count). The number of benzene rings is 3. The molecule has 1 N–H and O–H groups in total. The van der Waals surface area contributed by atoms with E-state index in [1.165, 1.54) is 22.4 Å². The number of anilines is 1. The lowest BCUT2D eigenvalue weighted by molar-refractivity contribution is 0.0342. The highest BCUT2D eigenvalue weighted by Crippen LogP contribution is 2.25. The van der Waals surface area contributed by atoms with Crippen molar-refractivity contribution < 1.29 is 9.47 Å². The number of fused-ring (bicyclic) bond motifs is 1. The van der Waals surface area contributed by atoms with E-state index >= 15 is 0 Å². The minimum Gasteiger partial charge on any atom is -0.497 e. The first-order valence-electron chi connectivity index (χ1n) is 11.5. The molecule has 1 fully saturated rings. The molecule has 170 valence electrons. The first-order valence-corrected chi connectivity index (χ1v) is 11.5. The molecular weight excluding hydrogens is 412 g/mol. The number of nitrogens with zero attached hydrogens (tertiary/aromatic N) is 3. The molecule has 0 amide bonds. The first-order chi connectivity index (χ1) is 16.3. The monoisotopic (exact) mass is 442 g/mol. The van der Waals surface area contributed by atoms with E-state index in [1.807, 2.05) is 6.07 Å². The zero-order valence-corrected chi connectivity index (χ0v) is 19.0. The van der Waals surface area contributed by atoms with Crippen molar-refractivity contribution in [2.45, 2.75) is 19.6 Å². The van der Waals surface area contributed by atoms with Crippen molar-refractivity contribution in [3.8, 4) is 5.75 Å².